The molecule has 0 saturated heterocycles. The van der Waals surface area contributed by atoms with E-state index in [1.807, 2.05) is 0 Å². The molecular weight excluding hydrogens is 306 g/mol. The first-order chi connectivity index (χ1) is 12.4. The molecule has 5 rings (SSSR count). The van der Waals surface area contributed by atoms with Gasteiger partial charge in [0.25, 0.3) is 0 Å². The highest BCUT2D eigenvalue weighted by atomic mass is 15.2. The van der Waals surface area contributed by atoms with Gasteiger partial charge in [0.2, 0.25) is 0 Å². The largest absolute Gasteiger partial charge is 0.334 e. The fourth-order valence-corrected chi connectivity index (χ4v) is 5.81. The fourth-order valence-electron chi connectivity index (χ4n) is 5.81. The monoisotopic (exact) mass is 334 g/mol. The number of nitrogens with zero attached hydrogens (tertiary/aromatic N) is 2. The van der Waals surface area contributed by atoms with Crippen molar-refractivity contribution in [2.75, 3.05) is 13.1 Å². The van der Waals surface area contributed by atoms with Crippen molar-refractivity contribution in [3.63, 3.8) is 0 Å². The topological polar surface area (TPSA) is 33.2 Å². The van der Waals surface area contributed by atoms with Gasteiger partial charge in [-0.25, -0.2) is 0 Å². The van der Waals surface area contributed by atoms with Gasteiger partial charge in [-0.3, -0.25) is 0 Å². The minimum absolute atomic E-state index is 0.544. The molecule has 0 spiro atoms. The van der Waals surface area contributed by atoms with E-state index < -0.39 is 0 Å². The number of benzene rings is 1. The average Bonchev–Trinajstić information content (AvgIpc) is 3.00. The molecule has 2 atom stereocenters. The number of hydrogen-bond acceptors (Lipinski definition) is 1. The van der Waals surface area contributed by atoms with E-state index in [-0.39, 0.29) is 0 Å². The van der Waals surface area contributed by atoms with Gasteiger partial charge in [-0.2, -0.15) is 5.26 Å². The Hall–Kier alpha value is -1.79. The Morgan fingerprint density at radius 3 is 2.84 bits per heavy atom. The summed E-state index contributed by atoms with van der Waals surface area (Å²) < 4.78 is 2.60. The molecule has 3 heteroatoms. The molecule has 130 valence electrons. The molecule has 3 nitrogen and oxygen atoms in total. The molecule has 2 unspecified atom stereocenters. The molecule has 0 amide bonds. The Labute approximate surface area is 150 Å². The third kappa shape index (κ3) is 2.42. The van der Waals surface area contributed by atoms with Gasteiger partial charge in [-0.05, 0) is 54.9 Å². The van der Waals surface area contributed by atoms with Crippen LogP contribution in [0.5, 0.6) is 0 Å². The molecule has 1 N–H and O–H groups in total. The van der Waals surface area contributed by atoms with E-state index >= 15 is 0 Å². The van der Waals surface area contributed by atoms with Gasteiger partial charge in [-0.15, -0.1) is 0 Å². The van der Waals surface area contributed by atoms with Crippen LogP contribution in [0.15, 0.2) is 18.2 Å². The van der Waals surface area contributed by atoms with Gasteiger partial charge >= 0.3 is 0 Å². The van der Waals surface area contributed by atoms with Crippen molar-refractivity contribution in [1.29, 1.82) is 5.26 Å². The second-order valence-corrected chi connectivity index (χ2v) is 8.31. The molecule has 1 aromatic heterocycles. The molecule has 2 heterocycles. The lowest BCUT2D eigenvalue weighted by Crippen LogP contribution is -3.13. The molecule has 1 saturated carbocycles. The fraction of sp³-hybridized carbons (Fsp3) is 0.591. The summed E-state index contributed by atoms with van der Waals surface area (Å²) in [5.41, 5.74) is 6.21. The van der Waals surface area contributed by atoms with E-state index in [0.29, 0.717) is 12.6 Å². The van der Waals surface area contributed by atoms with Crippen LogP contribution in [-0.4, -0.2) is 17.7 Å². The zero-order valence-corrected chi connectivity index (χ0v) is 15.1. The highest BCUT2D eigenvalue weighted by Crippen LogP contribution is 2.40. The van der Waals surface area contributed by atoms with Crippen LogP contribution >= 0.6 is 0 Å². The Morgan fingerprint density at radius 1 is 1.12 bits per heavy atom. The van der Waals surface area contributed by atoms with Gasteiger partial charge in [0, 0.05) is 17.3 Å². The summed E-state index contributed by atoms with van der Waals surface area (Å²) in [6.45, 7) is 2.82. The zero-order chi connectivity index (χ0) is 16.8. The number of rotatable bonds is 2. The maximum atomic E-state index is 9.21. The van der Waals surface area contributed by atoms with Crippen LogP contribution in [0.3, 0.4) is 0 Å². The first-order valence-corrected chi connectivity index (χ1v) is 10.2. The highest BCUT2D eigenvalue weighted by molar-refractivity contribution is 5.87. The third-order valence-electron chi connectivity index (χ3n) is 7.02. The number of nitrogens with one attached hydrogen (secondary N) is 1. The van der Waals surface area contributed by atoms with Crippen LogP contribution in [0, 0.1) is 11.3 Å². The lowest BCUT2D eigenvalue weighted by Gasteiger charge is -2.35. The maximum absolute atomic E-state index is 9.21. The predicted octanol–water partition coefficient (Wildman–Crippen LogP) is 3.49. The smallest absolute Gasteiger partial charge is 0.165 e. The second-order valence-electron chi connectivity index (χ2n) is 8.31. The maximum Gasteiger partial charge on any atom is 0.165 e. The Kier molecular flexibility index (Phi) is 3.82. The summed E-state index contributed by atoms with van der Waals surface area (Å²) >= 11 is 0. The van der Waals surface area contributed by atoms with Crippen molar-refractivity contribution in [3.05, 3.63) is 35.0 Å². The minimum Gasteiger partial charge on any atom is -0.334 e. The number of aryl methyl sites for hydroxylation is 1. The summed E-state index contributed by atoms with van der Waals surface area (Å²) in [7, 11) is 0. The molecular formula is C22H28N3+. The standard InChI is InChI=1S/C22H27N3/c23-11-12-24-13-14-25-20-10-9-17(16-5-2-1-3-6-16)15-19(20)18-7-4-8-21(24)22(18)25/h9-10,15-16,21H,1-8,12-14H2/p+1. The lowest BCUT2D eigenvalue weighted by atomic mass is 9.83. The molecule has 1 fully saturated rings. The second kappa shape index (κ2) is 6.18. The summed E-state index contributed by atoms with van der Waals surface area (Å²) in [4.78, 5) is 1.49. The number of aromatic nitrogens is 1. The molecule has 2 aromatic rings. The minimum atomic E-state index is 0.544. The van der Waals surface area contributed by atoms with Crippen LogP contribution in [0.4, 0.5) is 0 Å². The van der Waals surface area contributed by atoms with Crippen LogP contribution in [0.2, 0.25) is 0 Å². The van der Waals surface area contributed by atoms with E-state index in [4.69, 9.17) is 0 Å². The highest BCUT2D eigenvalue weighted by Gasteiger charge is 2.37. The van der Waals surface area contributed by atoms with Gasteiger partial charge in [0.15, 0.2) is 6.54 Å². The molecule has 3 aliphatic rings. The third-order valence-corrected chi connectivity index (χ3v) is 7.02. The van der Waals surface area contributed by atoms with Gasteiger partial charge in [0.05, 0.1) is 18.8 Å². The Morgan fingerprint density at radius 2 is 2.00 bits per heavy atom. The van der Waals surface area contributed by atoms with Crippen molar-refractivity contribution < 1.29 is 4.90 Å². The van der Waals surface area contributed by atoms with Gasteiger partial charge in [-0.1, -0.05) is 25.3 Å². The molecule has 0 radical (unpaired) electrons. The number of fused-ring (bicyclic) bond motifs is 3. The SMILES string of the molecule is N#CC[NH+]1CCn2c3c(c4cc(C5CCCCC5)ccc42)CCCC31. The van der Waals surface area contributed by atoms with Crippen LogP contribution in [0.1, 0.15) is 73.7 Å². The number of hydrogen-bond donors (Lipinski definition) is 1. The number of nitriles is 1. The molecule has 25 heavy (non-hydrogen) atoms. The predicted molar refractivity (Wildman–Crippen MR) is 99.8 cm³/mol. The molecule has 2 aliphatic carbocycles. The van der Waals surface area contributed by atoms with E-state index in [9.17, 15) is 5.26 Å². The lowest BCUT2D eigenvalue weighted by molar-refractivity contribution is -0.930. The van der Waals surface area contributed by atoms with Crippen LogP contribution < -0.4 is 4.90 Å². The summed E-state index contributed by atoms with van der Waals surface area (Å²) in [6.07, 6.45) is 10.7. The average molecular weight is 334 g/mol. The quantitative estimate of drug-likeness (QED) is 0.838. The molecule has 1 aliphatic heterocycles. The Bertz CT molecular complexity index is 835. The molecule has 0 bridgehead atoms. The van der Waals surface area contributed by atoms with Crippen LogP contribution in [0.25, 0.3) is 10.9 Å². The van der Waals surface area contributed by atoms with Crippen molar-refractivity contribution in [1.82, 2.24) is 4.57 Å². The Balaban J connectivity index is 1.61. The summed E-state index contributed by atoms with van der Waals surface area (Å²) in [5.74, 6) is 0.780. The normalized spacial score (nSPS) is 26.4. The first kappa shape index (κ1) is 15.5. The molecule has 1 aromatic carbocycles. The van der Waals surface area contributed by atoms with Crippen molar-refractivity contribution in [2.24, 2.45) is 0 Å². The van der Waals surface area contributed by atoms with E-state index in [1.165, 1.54) is 67.2 Å². The van der Waals surface area contributed by atoms with Crippen molar-refractivity contribution in [2.45, 2.75) is 69.9 Å². The van der Waals surface area contributed by atoms with E-state index in [0.717, 1.165) is 19.0 Å². The van der Waals surface area contributed by atoms with Gasteiger partial charge in [0.1, 0.15) is 12.1 Å². The van der Waals surface area contributed by atoms with Crippen molar-refractivity contribution in [3.8, 4) is 6.07 Å². The van der Waals surface area contributed by atoms with E-state index in [2.05, 4.69) is 28.8 Å². The van der Waals surface area contributed by atoms with Crippen LogP contribution in [-0.2, 0) is 13.0 Å². The number of quaternary nitrogens is 1. The van der Waals surface area contributed by atoms with Crippen molar-refractivity contribution >= 4 is 10.9 Å². The summed E-state index contributed by atoms with van der Waals surface area (Å²) in [6, 6.07) is 10.3. The zero-order valence-electron chi connectivity index (χ0n) is 15.1. The first-order valence-electron chi connectivity index (χ1n) is 10.2. The van der Waals surface area contributed by atoms with E-state index in [1.54, 1.807) is 16.8 Å². The summed E-state index contributed by atoms with van der Waals surface area (Å²) in [5, 5.41) is 10.7. The van der Waals surface area contributed by atoms with Gasteiger partial charge < -0.3 is 9.47 Å².